The van der Waals surface area contributed by atoms with E-state index in [1.165, 1.54) is 4.90 Å². The van der Waals surface area contributed by atoms with Gasteiger partial charge in [-0.1, -0.05) is 37.9 Å². The van der Waals surface area contributed by atoms with Crippen LogP contribution >= 0.6 is 31.9 Å². The molecule has 5 atom stereocenters. The van der Waals surface area contributed by atoms with Crippen LogP contribution in [-0.4, -0.2) is 46.6 Å². The fourth-order valence-corrected chi connectivity index (χ4v) is 5.49. The molecule has 3 fully saturated rings. The molecule has 2 aliphatic heterocycles. The summed E-state index contributed by atoms with van der Waals surface area (Å²) in [4.78, 5) is 40.0. The Hall–Kier alpha value is -1.25. The summed E-state index contributed by atoms with van der Waals surface area (Å²) in [5, 5.41) is 2.88. The Balaban J connectivity index is 1.50. The van der Waals surface area contributed by atoms with Crippen LogP contribution in [0, 0.1) is 11.8 Å². The van der Waals surface area contributed by atoms with Gasteiger partial charge in [-0.05, 0) is 43.9 Å². The third kappa shape index (κ3) is 3.78. The zero-order valence-corrected chi connectivity index (χ0v) is 18.4. The number of rotatable bonds is 4. The van der Waals surface area contributed by atoms with Crippen molar-refractivity contribution in [2.24, 2.45) is 11.8 Å². The molecule has 4 rings (SSSR count). The lowest BCUT2D eigenvalue weighted by Gasteiger charge is -2.29. The monoisotopic (exact) mass is 512 g/mol. The molecule has 3 amide bonds. The molecule has 1 N–H and O–H groups in total. The molecular weight excluding hydrogens is 492 g/mol. The molecule has 28 heavy (non-hydrogen) atoms. The smallest absolute Gasteiger partial charge is 0.251 e. The number of hydrogen-bond donors (Lipinski definition) is 1. The van der Waals surface area contributed by atoms with Crippen molar-refractivity contribution >= 4 is 55.3 Å². The standard InChI is InChI=1S/C20H22Br2N2O4/c21-16-8-14-15(9-17(16)22)20(27)24(19(14)26)12-4-1-3-11(7-12)18(25)23-10-13-5-2-6-28-13/h1,3-4,7,13-17H,2,5-6,8-10H2,(H,23,25)/t13-,14-,15+,16-,17-/m0/s1. The van der Waals surface area contributed by atoms with Gasteiger partial charge in [0, 0.05) is 28.4 Å². The van der Waals surface area contributed by atoms with Gasteiger partial charge in [0.15, 0.2) is 0 Å². The highest BCUT2D eigenvalue weighted by Crippen LogP contribution is 2.44. The maximum absolute atomic E-state index is 12.9. The van der Waals surface area contributed by atoms with Gasteiger partial charge in [-0.15, -0.1) is 0 Å². The van der Waals surface area contributed by atoms with Crippen LogP contribution < -0.4 is 10.2 Å². The summed E-state index contributed by atoms with van der Waals surface area (Å²) in [5.74, 6) is -1.17. The SMILES string of the molecule is O=C(NC[C@@H]1CCCO1)c1cccc(N2C(=O)[C@H]3C[C@H](Br)[C@@H](Br)C[C@H]3C2=O)c1. The second kappa shape index (κ2) is 8.24. The highest BCUT2D eigenvalue weighted by atomic mass is 79.9. The molecule has 6 nitrogen and oxygen atoms in total. The quantitative estimate of drug-likeness (QED) is 0.496. The molecule has 1 aliphatic carbocycles. The molecule has 1 aromatic carbocycles. The molecule has 1 saturated carbocycles. The molecule has 0 aromatic heterocycles. The van der Waals surface area contributed by atoms with Crippen LogP contribution in [0.4, 0.5) is 5.69 Å². The summed E-state index contributed by atoms with van der Waals surface area (Å²) in [7, 11) is 0. The maximum atomic E-state index is 12.9. The molecule has 0 unspecified atom stereocenters. The number of fused-ring (bicyclic) bond motifs is 1. The van der Waals surface area contributed by atoms with E-state index in [0.29, 0.717) is 30.6 Å². The summed E-state index contributed by atoms with van der Waals surface area (Å²) in [6, 6.07) is 6.73. The lowest BCUT2D eigenvalue weighted by molar-refractivity contribution is -0.122. The third-order valence-electron chi connectivity index (χ3n) is 5.79. The molecule has 8 heteroatoms. The lowest BCUT2D eigenvalue weighted by Crippen LogP contribution is -2.34. The van der Waals surface area contributed by atoms with Gasteiger partial charge in [-0.2, -0.15) is 0 Å². The van der Waals surface area contributed by atoms with Crippen molar-refractivity contribution in [2.75, 3.05) is 18.1 Å². The van der Waals surface area contributed by atoms with E-state index in [9.17, 15) is 14.4 Å². The van der Waals surface area contributed by atoms with E-state index in [0.717, 1.165) is 19.4 Å². The van der Waals surface area contributed by atoms with E-state index in [-0.39, 0.29) is 45.3 Å². The Morgan fingerprint density at radius 3 is 2.43 bits per heavy atom. The third-order valence-corrected chi connectivity index (χ3v) is 8.53. The highest BCUT2D eigenvalue weighted by molar-refractivity contribution is 9.12. The number of nitrogens with zero attached hydrogens (tertiary/aromatic N) is 1. The highest BCUT2D eigenvalue weighted by Gasteiger charge is 2.52. The fraction of sp³-hybridized carbons (Fsp3) is 0.550. The van der Waals surface area contributed by atoms with Crippen LogP contribution in [0.3, 0.4) is 0 Å². The van der Waals surface area contributed by atoms with Gasteiger partial charge in [0.05, 0.1) is 23.6 Å². The summed E-state index contributed by atoms with van der Waals surface area (Å²) in [6.45, 7) is 1.20. The number of anilines is 1. The Kier molecular flexibility index (Phi) is 5.90. The maximum Gasteiger partial charge on any atom is 0.251 e. The van der Waals surface area contributed by atoms with Crippen LogP contribution in [0.2, 0.25) is 0 Å². The van der Waals surface area contributed by atoms with Crippen molar-refractivity contribution in [2.45, 2.75) is 41.4 Å². The number of halogens is 2. The molecule has 0 spiro atoms. The van der Waals surface area contributed by atoms with E-state index >= 15 is 0 Å². The average Bonchev–Trinajstić information content (AvgIpc) is 3.28. The van der Waals surface area contributed by atoms with Crippen molar-refractivity contribution < 1.29 is 19.1 Å². The first kappa shape index (κ1) is 20.0. The largest absolute Gasteiger partial charge is 0.376 e. The molecule has 1 aromatic rings. The van der Waals surface area contributed by atoms with E-state index in [1.54, 1.807) is 24.3 Å². The van der Waals surface area contributed by atoms with Crippen molar-refractivity contribution in [1.29, 1.82) is 0 Å². The Labute approximate surface area is 180 Å². The van der Waals surface area contributed by atoms with Gasteiger partial charge in [-0.25, -0.2) is 0 Å². The topological polar surface area (TPSA) is 75.7 Å². The lowest BCUT2D eigenvalue weighted by atomic mass is 9.81. The molecule has 2 heterocycles. The minimum Gasteiger partial charge on any atom is -0.376 e. The molecule has 0 bridgehead atoms. The second-order valence-electron chi connectivity index (χ2n) is 7.62. The Bertz CT molecular complexity index is 768. The Morgan fingerprint density at radius 1 is 1.14 bits per heavy atom. The van der Waals surface area contributed by atoms with Gasteiger partial charge in [0.1, 0.15) is 0 Å². The molecule has 0 radical (unpaired) electrons. The van der Waals surface area contributed by atoms with Crippen LogP contribution in [0.15, 0.2) is 24.3 Å². The molecule has 3 aliphatic rings. The van der Waals surface area contributed by atoms with Crippen LogP contribution in [0.25, 0.3) is 0 Å². The van der Waals surface area contributed by atoms with E-state index < -0.39 is 0 Å². The normalized spacial score (nSPS) is 32.5. The fourth-order valence-electron chi connectivity index (χ4n) is 4.25. The zero-order valence-electron chi connectivity index (χ0n) is 15.3. The van der Waals surface area contributed by atoms with Gasteiger partial charge in [0.2, 0.25) is 11.8 Å². The number of benzene rings is 1. The van der Waals surface area contributed by atoms with Crippen molar-refractivity contribution in [3.05, 3.63) is 29.8 Å². The van der Waals surface area contributed by atoms with Gasteiger partial charge in [-0.3, -0.25) is 19.3 Å². The number of ether oxygens (including phenoxy) is 1. The number of imide groups is 1. The molecule has 2 saturated heterocycles. The first-order valence-electron chi connectivity index (χ1n) is 9.61. The summed E-state index contributed by atoms with van der Waals surface area (Å²) in [6.07, 6.45) is 3.28. The van der Waals surface area contributed by atoms with E-state index in [1.807, 2.05) is 0 Å². The number of nitrogens with one attached hydrogen (secondary N) is 1. The van der Waals surface area contributed by atoms with Crippen molar-refractivity contribution in [1.82, 2.24) is 5.32 Å². The number of alkyl halides is 2. The number of hydrogen-bond acceptors (Lipinski definition) is 4. The summed E-state index contributed by atoms with van der Waals surface area (Å²) in [5.41, 5.74) is 0.897. The first-order valence-corrected chi connectivity index (χ1v) is 11.4. The van der Waals surface area contributed by atoms with Crippen molar-refractivity contribution in [3.8, 4) is 0 Å². The zero-order chi connectivity index (χ0) is 19.8. The average molecular weight is 514 g/mol. The predicted octanol–water partition coefficient (Wildman–Crippen LogP) is 3.02. The van der Waals surface area contributed by atoms with Crippen LogP contribution in [-0.2, 0) is 14.3 Å². The Morgan fingerprint density at radius 2 is 1.82 bits per heavy atom. The predicted molar refractivity (Wildman–Crippen MR) is 112 cm³/mol. The molecule has 150 valence electrons. The van der Waals surface area contributed by atoms with Gasteiger partial charge in [0.25, 0.3) is 5.91 Å². The first-order chi connectivity index (χ1) is 13.5. The number of carbonyl (C=O) groups is 3. The van der Waals surface area contributed by atoms with E-state index in [2.05, 4.69) is 37.2 Å². The minimum atomic E-state index is -0.303. The van der Waals surface area contributed by atoms with E-state index in [4.69, 9.17) is 4.74 Å². The van der Waals surface area contributed by atoms with Crippen LogP contribution in [0.1, 0.15) is 36.0 Å². The van der Waals surface area contributed by atoms with Crippen LogP contribution in [0.5, 0.6) is 0 Å². The number of carbonyl (C=O) groups excluding carboxylic acids is 3. The second-order valence-corrected chi connectivity index (χ2v) is 9.98. The van der Waals surface area contributed by atoms with Gasteiger partial charge < -0.3 is 10.1 Å². The number of amides is 3. The van der Waals surface area contributed by atoms with Crippen molar-refractivity contribution in [3.63, 3.8) is 0 Å². The molecular formula is C20H22Br2N2O4. The van der Waals surface area contributed by atoms with Gasteiger partial charge >= 0.3 is 0 Å². The summed E-state index contributed by atoms with van der Waals surface area (Å²) < 4.78 is 5.52. The minimum absolute atomic E-state index is 0.0615. The summed E-state index contributed by atoms with van der Waals surface area (Å²) >= 11 is 7.19.